The van der Waals surface area contributed by atoms with Crippen molar-refractivity contribution in [3.05, 3.63) is 34.5 Å². The molecule has 0 atom stereocenters. The first-order valence-electron chi connectivity index (χ1n) is 8.89. The molecule has 1 fully saturated rings. The quantitative estimate of drug-likeness (QED) is 0.743. The van der Waals surface area contributed by atoms with Gasteiger partial charge < -0.3 is 5.11 Å². The van der Waals surface area contributed by atoms with Gasteiger partial charge in [-0.25, -0.2) is 14.5 Å². The molecule has 0 aliphatic heterocycles. The molecule has 0 unspecified atom stereocenters. The minimum atomic E-state index is -1.09. The minimum absolute atomic E-state index is 0.0259. The Morgan fingerprint density at radius 2 is 1.85 bits per heavy atom. The van der Waals surface area contributed by atoms with Crippen LogP contribution in [0.25, 0.3) is 17.0 Å². The number of H-pyrrole nitrogens is 1. The van der Waals surface area contributed by atoms with Crippen LogP contribution >= 0.6 is 0 Å². The Morgan fingerprint density at radius 3 is 2.54 bits per heavy atom. The Hall–Kier alpha value is -2.97. The van der Waals surface area contributed by atoms with E-state index in [9.17, 15) is 9.59 Å². The van der Waals surface area contributed by atoms with Gasteiger partial charge in [-0.2, -0.15) is 10.2 Å². The summed E-state index contributed by atoms with van der Waals surface area (Å²) >= 11 is 0. The maximum atomic E-state index is 12.7. The van der Waals surface area contributed by atoms with Gasteiger partial charge in [0.1, 0.15) is 5.52 Å². The molecule has 136 valence electrons. The van der Waals surface area contributed by atoms with Crippen LogP contribution in [0.15, 0.2) is 23.4 Å². The van der Waals surface area contributed by atoms with Gasteiger partial charge in [0.05, 0.1) is 24.0 Å². The van der Waals surface area contributed by atoms with Gasteiger partial charge in [0.25, 0.3) is 5.56 Å². The molecule has 26 heavy (non-hydrogen) atoms. The van der Waals surface area contributed by atoms with Crippen LogP contribution in [0, 0.1) is 0 Å². The Balaban J connectivity index is 1.72. The number of carbonyl (C=O) groups is 1. The molecule has 0 aromatic carbocycles. The SMILES string of the molecule is O=C(O)c1cnn(-c2nc3cnn(C4CCCCCCC4)c3c(=O)[nH]2)c1. The van der Waals surface area contributed by atoms with E-state index in [0.717, 1.165) is 25.7 Å². The molecule has 3 aromatic heterocycles. The number of rotatable bonds is 3. The molecule has 9 nitrogen and oxygen atoms in total. The van der Waals surface area contributed by atoms with Gasteiger partial charge in [-0.3, -0.25) is 14.5 Å². The van der Waals surface area contributed by atoms with Crippen molar-refractivity contribution in [1.82, 2.24) is 29.5 Å². The smallest absolute Gasteiger partial charge is 0.338 e. The van der Waals surface area contributed by atoms with Gasteiger partial charge in [-0.05, 0) is 12.8 Å². The average Bonchev–Trinajstić information content (AvgIpc) is 3.21. The normalized spacial score (nSPS) is 16.5. The maximum Gasteiger partial charge on any atom is 0.338 e. The van der Waals surface area contributed by atoms with E-state index in [1.165, 1.54) is 36.3 Å². The van der Waals surface area contributed by atoms with Gasteiger partial charge in [-0.1, -0.05) is 32.1 Å². The van der Waals surface area contributed by atoms with Crippen molar-refractivity contribution in [2.45, 2.75) is 51.0 Å². The molecular formula is C17H20N6O3. The van der Waals surface area contributed by atoms with Crippen LogP contribution in [-0.2, 0) is 0 Å². The third kappa shape index (κ3) is 3.00. The lowest BCUT2D eigenvalue weighted by Crippen LogP contribution is -2.20. The molecule has 1 aliphatic rings. The fourth-order valence-electron chi connectivity index (χ4n) is 3.57. The zero-order valence-corrected chi connectivity index (χ0v) is 14.3. The van der Waals surface area contributed by atoms with Crippen molar-refractivity contribution in [2.24, 2.45) is 0 Å². The van der Waals surface area contributed by atoms with Crippen molar-refractivity contribution in [2.75, 3.05) is 0 Å². The molecule has 2 N–H and O–H groups in total. The van der Waals surface area contributed by atoms with Gasteiger partial charge in [0.15, 0.2) is 5.52 Å². The predicted octanol–water partition coefficient (Wildman–Crippen LogP) is 2.29. The lowest BCUT2D eigenvalue weighted by Gasteiger charge is -2.20. The summed E-state index contributed by atoms with van der Waals surface area (Å²) in [6.07, 6.45) is 12.1. The van der Waals surface area contributed by atoms with Crippen LogP contribution in [0.4, 0.5) is 0 Å². The van der Waals surface area contributed by atoms with Crippen molar-refractivity contribution >= 4 is 17.0 Å². The number of hydrogen-bond donors (Lipinski definition) is 2. The number of aromatic carboxylic acids is 1. The highest BCUT2D eigenvalue weighted by Crippen LogP contribution is 2.27. The number of carboxylic acid groups (broad SMARTS) is 1. The summed E-state index contributed by atoms with van der Waals surface area (Å²) in [7, 11) is 0. The van der Waals surface area contributed by atoms with E-state index in [2.05, 4.69) is 20.2 Å². The molecule has 9 heteroatoms. The molecule has 4 rings (SSSR count). The summed E-state index contributed by atoms with van der Waals surface area (Å²) in [5.41, 5.74) is 0.679. The van der Waals surface area contributed by atoms with Crippen LogP contribution < -0.4 is 5.56 Å². The average molecular weight is 356 g/mol. The standard InChI is InChI=1S/C17H20N6O3/c24-15-14-13(9-19-23(14)12-6-4-2-1-3-5-7-12)20-17(21-15)22-10-11(8-18-22)16(25)26/h8-10,12H,1-7H2,(H,25,26)(H,20,21,24). The van der Waals surface area contributed by atoms with Gasteiger partial charge in [0, 0.05) is 6.20 Å². The fourth-order valence-corrected chi connectivity index (χ4v) is 3.57. The van der Waals surface area contributed by atoms with E-state index in [1.807, 2.05) is 4.68 Å². The molecule has 0 spiro atoms. The fraction of sp³-hybridized carbons (Fsp3) is 0.471. The van der Waals surface area contributed by atoms with Crippen molar-refractivity contribution in [3.8, 4) is 5.95 Å². The summed E-state index contributed by atoms with van der Waals surface area (Å²) in [4.78, 5) is 30.8. The molecular weight excluding hydrogens is 336 g/mol. The van der Waals surface area contributed by atoms with E-state index in [4.69, 9.17) is 5.11 Å². The van der Waals surface area contributed by atoms with Crippen LogP contribution in [-0.4, -0.2) is 40.6 Å². The number of carboxylic acids is 1. The summed E-state index contributed by atoms with van der Waals surface area (Å²) in [6.45, 7) is 0. The largest absolute Gasteiger partial charge is 0.478 e. The zero-order valence-electron chi connectivity index (χ0n) is 14.3. The van der Waals surface area contributed by atoms with E-state index < -0.39 is 5.97 Å². The zero-order chi connectivity index (χ0) is 18.1. The summed E-state index contributed by atoms with van der Waals surface area (Å²) in [5, 5.41) is 17.4. The predicted molar refractivity (Wildman–Crippen MR) is 93.6 cm³/mol. The van der Waals surface area contributed by atoms with E-state index in [1.54, 1.807) is 6.20 Å². The second-order valence-corrected chi connectivity index (χ2v) is 6.69. The molecule has 1 aliphatic carbocycles. The molecule has 1 saturated carbocycles. The maximum absolute atomic E-state index is 12.7. The number of hydrogen-bond acceptors (Lipinski definition) is 5. The van der Waals surface area contributed by atoms with Crippen LogP contribution in [0.3, 0.4) is 0 Å². The van der Waals surface area contributed by atoms with E-state index in [-0.39, 0.29) is 23.1 Å². The van der Waals surface area contributed by atoms with Crippen molar-refractivity contribution < 1.29 is 9.90 Å². The van der Waals surface area contributed by atoms with Crippen LogP contribution in [0.2, 0.25) is 0 Å². The first-order valence-corrected chi connectivity index (χ1v) is 8.89. The van der Waals surface area contributed by atoms with E-state index in [0.29, 0.717) is 11.0 Å². The summed E-state index contributed by atoms with van der Waals surface area (Å²) in [5.74, 6) is -0.913. The second-order valence-electron chi connectivity index (χ2n) is 6.69. The number of aromatic nitrogens is 6. The molecule has 0 radical (unpaired) electrons. The van der Waals surface area contributed by atoms with Gasteiger partial charge >= 0.3 is 5.97 Å². The lowest BCUT2D eigenvalue weighted by atomic mass is 9.97. The van der Waals surface area contributed by atoms with Gasteiger partial charge in [0.2, 0.25) is 5.95 Å². The van der Waals surface area contributed by atoms with Crippen molar-refractivity contribution in [3.63, 3.8) is 0 Å². The van der Waals surface area contributed by atoms with Crippen LogP contribution in [0.5, 0.6) is 0 Å². The third-order valence-electron chi connectivity index (χ3n) is 4.91. The van der Waals surface area contributed by atoms with E-state index >= 15 is 0 Å². The summed E-state index contributed by atoms with van der Waals surface area (Å²) in [6, 6.07) is 0.213. The topological polar surface area (TPSA) is 119 Å². The molecule has 0 bridgehead atoms. The minimum Gasteiger partial charge on any atom is -0.478 e. The number of fused-ring (bicyclic) bond motifs is 1. The first kappa shape index (κ1) is 16.5. The molecule has 3 aromatic rings. The number of nitrogens with one attached hydrogen (secondary N) is 1. The Kier molecular flexibility index (Phi) is 4.27. The first-order chi connectivity index (χ1) is 12.6. The number of aromatic amines is 1. The third-order valence-corrected chi connectivity index (χ3v) is 4.91. The number of nitrogens with zero attached hydrogens (tertiary/aromatic N) is 5. The lowest BCUT2D eigenvalue weighted by molar-refractivity contribution is 0.0697. The van der Waals surface area contributed by atoms with Crippen molar-refractivity contribution in [1.29, 1.82) is 0 Å². The Labute approximate surface area is 148 Å². The van der Waals surface area contributed by atoms with Gasteiger partial charge in [-0.15, -0.1) is 0 Å². The molecule has 3 heterocycles. The second kappa shape index (κ2) is 6.74. The molecule has 0 saturated heterocycles. The highest BCUT2D eigenvalue weighted by atomic mass is 16.4. The monoisotopic (exact) mass is 356 g/mol. The molecule has 0 amide bonds. The highest BCUT2D eigenvalue weighted by Gasteiger charge is 2.20. The van der Waals surface area contributed by atoms with Crippen LogP contribution in [0.1, 0.15) is 61.3 Å². The highest BCUT2D eigenvalue weighted by molar-refractivity contribution is 5.87. The Morgan fingerprint density at radius 1 is 1.12 bits per heavy atom. The summed E-state index contributed by atoms with van der Waals surface area (Å²) < 4.78 is 3.06. The Bertz CT molecular complexity index is 994.